The first-order valence-electron chi connectivity index (χ1n) is 14.8. The summed E-state index contributed by atoms with van der Waals surface area (Å²) in [5, 5.41) is 3.38. The molecule has 0 aromatic heterocycles. The van der Waals surface area contributed by atoms with Gasteiger partial charge in [-0.05, 0) is 79.1 Å². The molecule has 0 unspecified atom stereocenters. The molecule has 4 aromatic rings. The van der Waals surface area contributed by atoms with Crippen molar-refractivity contribution < 1.29 is 27.1 Å². The van der Waals surface area contributed by atoms with E-state index in [1.165, 1.54) is 48.4 Å². The molecule has 4 aromatic carbocycles. The lowest BCUT2D eigenvalue weighted by Gasteiger charge is -2.34. The number of hydrogen-bond acceptors (Lipinski definition) is 5. The van der Waals surface area contributed by atoms with Crippen molar-refractivity contribution in [2.75, 3.05) is 18.0 Å². The molecule has 0 aliphatic rings. The maximum atomic E-state index is 14.5. The molecule has 0 aliphatic carbocycles. The fourth-order valence-corrected chi connectivity index (χ4v) is 6.43. The monoisotopic (exact) mass is 665 g/mol. The lowest BCUT2D eigenvalue weighted by Crippen LogP contribution is -2.54. The molecule has 2 amide bonds. The van der Waals surface area contributed by atoms with E-state index in [0.29, 0.717) is 22.8 Å². The summed E-state index contributed by atoms with van der Waals surface area (Å²) in [4.78, 5) is 29.6. The summed E-state index contributed by atoms with van der Waals surface area (Å²) in [6.07, 6.45) is 0.835. The van der Waals surface area contributed by atoms with E-state index in [0.717, 1.165) is 22.0 Å². The number of methoxy groups -OCH3 is 1. The lowest BCUT2D eigenvalue weighted by molar-refractivity contribution is -0.140. The molecule has 0 spiro atoms. The number of nitrogens with zero attached hydrogens (tertiary/aromatic N) is 2. The van der Waals surface area contributed by atoms with Crippen LogP contribution >= 0.6 is 11.6 Å². The molecular formula is C35H37ClFN3O5S. The predicted molar refractivity (Wildman–Crippen MR) is 178 cm³/mol. The van der Waals surface area contributed by atoms with Crippen molar-refractivity contribution in [1.29, 1.82) is 0 Å². The van der Waals surface area contributed by atoms with Crippen molar-refractivity contribution in [3.05, 3.63) is 125 Å². The minimum absolute atomic E-state index is 0.0657. The van der Waals surface area contributed by atoms with Gasteiger partial charge < -0.3 is 15.0 Å². The van der Waals surface area contributed by atoms with E-state index in [4.69, 9.17) is 16.3 Å². The highest BCUT2D eigenvalue weighted by molar-refractivity contribution is 7.92. The van der Waals surface area contributed by atoms with E-state index in [1.807, 2.05) is 44.2 Å². The Morgan fingerprint density at radius 1 is 0.913 bits per heavy atom. The third-order valence-corrected chi connectivity index (χ3v) is 9.77. The van der Waals surface area contributed by atoms with Gasteiger partial charge in [-0.2, -0.15) is 0 Å². The van der Waals surface area contributed by atoms with Crippen LogP contribution in [0.3, 0.4) is 0 Å². The van der Waals surface area contributed by atoms with Gasteiger partial charge >= 0.3 is 0 Å². The Hall–Kier alpha value is -4.41. The first kappa shape index (κ1) is 34.5. The van der Waals surface area contributed by atoms with Crippen LogP contribution in [0.25, 0.3) is 0 Å². The van der Waals surface area contributed by atoms with E-state index in [-0.39, 0.29) is 35.5 Å². The van der Waals surface area contributed by atoms with Gasteiger partial charge in [-0.25, -0.2) is 12.8 Å². The first-order chi connectivity index (χ1) is 22.0. The van der Waals surface area contributed by atoms with Crippen LogP contribution in [-0.4, -0.2) is 50.9 Å². The van der Waals surface area contributed by atoms with Crippen LogP contribution in [0.4, 0.5) is 10.1 Å². The fraction of sp³-hybridized carbons (Fsp3) is 0.257. The molecule has 0 fully saturated rings. The van der Waals surface area contributed by atoms with E-state index >= 15 is 0 Å². The Morgan fingerprint density at radius 3 is 2.15 bits per heavy atom. The quantitative estimate of drug-likeness (QED) is 0.172. The molecule has 242 valence electrons. The van der Waals surface area contributed by atoms with Crippen molar-refractivity contribution in [3.63, 3.8) is 0 Å². The van der Waals surface area contributed by atoms with Crippen molar-refractivity contribution >= 4 is 39.1 Å². The molecule has 0 saturated heterocycles. The number of carbonyl (C=O) groups is 2. The van der Waals surface area contributed by atoms with E-state index in [1.54, 1.807) is 24.3 Å². The number of anilines is 1. The molecular weight excluding hydrogens is 629 g/mol. The number of ether oxygens (including phenoxy) is 1. The highest BCUT2D eigenvalue weighted by Crippen LogP contribution is 2.27. The van der Waals surface area contributed by atoms with Gasteiger partial charge in [0.05, 0.1) is 17.7 Å². The third-order valence-electron chi connectivity index (χ3n) is 7.61. The molecule has 2 atom stereocenters. The molecule has 1 N–H and O–H groups in total. The molecule has 8 nitrogen and oxygen atoms in total. The molecule has 0 bridgehead atoms. The minimum atomic E-state index is -4.35. The Labute approximate surface area is 274 Å². The molecule has 11 heteroatoms. The Morgan fingerprint density at radius 2 is 1.54 bits per heavy atom. The molecule has 4 rings (SSSR count). The van der Waals surface area contributed by atoms with E-state index in [9.17, 15) is 22.4 Å². The average molecular weight is 666 g/mol. The number of amides is 2. The maximum Gasteiger partial charge on any atom is 0.264 e. The number of halogens is 2. The molecule has 0 saturated carbocycles. The lowest BCUT2D eigenvalue weighted by atomic mass is 10.0. The maximum absolute atomic E-state index is 14.5. The molecule has 0 radical (unpaired) electrons. The summed E-state index contributed by atoms with van der Waals surface area (Å²) in [6, 6.07) is 25.6. The summed E-state index contributed by atoms with van der Waals surface area (Å²) in [7, 11) is -2.89. The predicted octanol–water partition coefficient (Wildman–Crippen LogP) is 6.24. The van der Waals surface area contributed by atoms with Gasteiger partial charge in [0.15, 0.2) is 0 Å². The topological polar surface area (TPSA) is 96.0 Å². The van der Waals surface area contributed by atoms with Gasteiger partial charge in [-0.1, -0.05) is 67.1 Å². The molecule has 0 heterocycles. The van der Waals surface area contributed by atoms with E-state index < -0.39 is 34.3 Å². The Balaban J connectivity index is 1.81. The largest absolute Gasteiger partial charge is 0.497 e. The highest BCUT2D eigenvalue weighted by atomic mass is 35.5. The van der Waals surface area contributed by atoms with Crippen LogP contribution < -0.4 is 14.4 Å². The number of hydrogen-bond donors (Lipinski definition) is 1. The van der Waals surface area contributed by atoms with Crippen molar-refractivity contribution in [1.82, 2.24) is 10.2 Å². The molecule has 0 aliphatic heterocycles. The number of carbonyl (C=O) groups excluding carboxylic acids is 2. The zero-order valence-corrected chi connectivity index (χ0v) is 27.5. The smallest absolute Gasteiger partial charge is 0.264 e. The molecule has 46 heavy (non-hydrogen) atoms. The second kappa shape index (κ2) is 15.7. The van der Waals surface area contributed by atoms with Gasteiger partial charge in [0.25, 0.3) is 10.0 Å². The first-order valence-corrected chi connectivity index (χ1v) is 16.6. The summed E-state index contributed by atoms with van der Waals surface area (Å²) in [5.74, 6) is -1.15. The summed E-state index contributed by atoms with van der Waals surface area (Å²) >= 11 is 6.53. The van der Waals surface area contributed by atoms with Gasteiger partial charge in [-0.15, -0.1) is 0 Å². The SMILES string of the molecule is CC[C@H](C)NC(=O)[C@H](Cc1ccccc1)N(Cc1ccccc1Cl)C(=O)CN(c1ccc(F)cc1)S(=O)(=O)c1ccc(OC)cc1. The minimum Gasteiger partial charge on any atom is -0.497 e. The van der Waals surface area contributed by atoms with Crippen LogP contribution in [0.1, 0.15) is 31.4 Å². The summed E-state index contributed by atoms with van der Waals surface area (Å²) in [5.41, 5.74) is 1.47. The van der Waals surface area contributed by atoms with Crippen LogP contribution in [-0.2, 0) is 32.6 Å². The standard InChI is InChI=1S/C35H37ClFN3O5S/c1-4-25(2)38-35(42)33(22-26-10-6-5-7-11-26)39(23-27-12-8-9-13-32(27)36)34(41)24-40(29-16-14-28(37)15-17-29)46(43,44)31-20-18-30(45-3)19-21-31/h5-21,25,33H,4,22-24H2,1-3H3,(H,38,42)/t25-,33-/m0/s1. The van der Waals surface area contributed by atoms with Crippen LogP contribution in [0, 0.1) is 5.82 Å². The zero-order chi connectivity index (χ0) is 33.3. The average Bonchev–Trinajstić information content (AvgIpc) is 3.06. The fourth-order valence-electron chi connectivity index (χ4n) is 4.82. The summed E-state index contributed by atoms with van der Waals surface area (Å²) < 4.78 is 48.2. The summed E-state index contributed by atoms with van der Waals surface area (Å²) in [6.45, 7) is 3.07. The van der Waals surface area contributed by atoms with Crippen LogP contribution in [0.2, 0.25) is 5.02 Å². The van der Waals surface area contributed by atoms with Gasteiger partial charge in [-0.3, -0.25) is 13.9 Å². The van der Waals surface area contributed by atoms with Crippen LogP contribution in [0.5, 0.6) is 5.75 Å². The number of nitrogens with one attached hydrogen (secondary N) is 1. The Kier molecular flexibility index (Phi) is 11.8. The zero-order valence-electron chi connectivity index (χ0n) is 25.9. The number of benzene rings is 4. The van der Waals surface area contributed by atoms with Crippen molar-refractivity contribution in [3.8, 4) is 5.75 Å². The van der Waals surface area contributed by atoms with Crippen molar-refractivity contribution in [2.24, 2.45) is 0 Å². The van der Waals surface area contributed by atoms with Gasteiger partial charge in [0, 0.05) is 24.0 Å². The Bertz CT molecular complexity index is 1720. The van der Waals surface area contributed by atoms with Crippen LogP contribution in [0.15, 0.2) is 108 Å². The third kappa shape index (κ3) is 8.64. The van der Waals surface area contributed by atoms with Gasteiger partial charge in [0.1, 0.15) is 24.2 Å². The number of sulfonamides is 1. The van der Waals surface area contributed by atoms with Crippen molar-refractivity contribution in [2.45, 2.75) is 50.2 Å². The van der Waals surface area contributed by atoms with Gasteiger partial charge in [0.2, 0.25) is 11.8 Å². The normalized spacial score (nSPS) is 12.5. The second-order valence-electron chi connectivity index (χ2n) is 10.8. The number of rotatable bonds is 14. The van der Waals surface area contributed by atoms with E-state index in [2.05, 4.69) is 5.32 Å². The second-order valence-corrected chi connectivity index (χ2v) is 13.1. The highest BCUT2D eigenvalue weighted by Gasteiger charge is 2.35.